The molecule has 1 aliphatic carbocycles. The molecule has 1 fully saturated rings. The summed E-state index contributed by atoms with van der Waals surface area (Å²) in [5, 5.41) is 0. The van der Waals surface area contributed by atoms with Crippen molar-refractivity contribution in [2.45, 2.75) is 39.5 Å². The van der Waals surface area contributed by atoms with Gasteiger partial charge in [-0.15, -0.1) is 0 Å². The second-order valence-corrected chi connectivity index (χ2v) is 7.02. The van der Waals surface area contributed by atoms with Crippen LogP contribution in [0.25, 0.3) is 0 Å². The lowest BCUT2D eigenvalue weighted by Crippen LogP contribution is -2.30. The highest BCUT2D eigenvalue weighted by Crippen LogP contribution is 2.31. The maximum absolute atomic E-state index is 12.3. The van der Waals surface area contributed by atoms with Gasteiger partial charge in [0.2, 0.25) is 0 Å². The van der Waals surface area contributed by atoms with Gasteiger partial charge in [-0.2, -0.15) is 0 Å². The Labute approximate surface area is 154 Å². The third-order valence-electron chi connectivity index (χ3n) is 4.87. The van der Waals surface area contributed by atoms with Crippen LogP contribution >= 0.6 is 0 Å². The molecule has 4 nitrogen and oxygen atoms in total. The van der Waals surface area contributed by atoms with Crippen molar-refractivity contribution in [2.24, 2.45) is 11.8 Å². The fourth-order valence-electron chi connectivity index (χ4n) is 3.18. The first kappa shape index (κ1) is 18.2. The van der Waals surface area contributed by atoms with Crippen LogP contribution in [0.3, 0.4) is 0 Å². The number of rotatable bonds is 4. The van der Waals surface area contributed by atoms with Crippen LogP contribution in [0.2, 0.25) is 0 Å². The first-order valence-corrected chi connectivity index (χ1v) is 9.08. The summed E-state index contributed by atoms with van der Waals surface area (Å²) in [5.74, 6) is 0.417. The topological polar surface area (TPSA) is 52.6 Å². The molecule has 0 unspecified atom stereocenters. The molecule has 0 saturated heterocycles. The van der Waals surface area contributed by atoms with Crippen molar-refractivity contribution in [1.29, 1.82) is 0 Å². The van der Waals surface area contributed by atoms with Crippen LogP contribution in [0, 0.1) is 25.7 Å². The summed E-state index contributed by atoms with van der Waals surface area (Å²) in [7, 11) is 0. The maximum atomic E-state index is 12.3. The lowest BCUT2D eigenvalue weighted by molar-refractivity contribution is -0.145. The van der Waals surface area contributed by atoms with E-state index in [1.807, 2.05) is 38.1 Å². The zero-order valence-electron chi connectivity index (χ0n) is 15.2. The van der Waals surface area contributed by atoms with Crippen molar-refractivity contribution in [3.05, 3.63) is 59.7 Å². The number of esters is 2. The van der Waals surface area contributed by atoms with Crippen LogP contribution in [0.5, 0.6) is 11.5 Å². The van der Waals surface area contributed by atoms with Gasteiger partial charge >= 0.3 is 11.9 Å². The van der Waals surface area contributed by atoms with E-state index in [0.29, 0.717) is 37.2 Å². The predicted molar refractivity (Wildman–Crippen MR) is 99.1 cm³/mol. The molecular formula is C22H24O4. The molecule has 3 rings (SSSR count). The van der Waals surface area contributed by atoms with Gasteiger partial charge in [0.1, 0.15) is 11.5 Å². The number of carbonyl (C=O) groups excluding carboxylic acids is 2. The normalized spacial score (nSPS) is 19.6. The van der Waals surface area contributed by atoms with Crippen molar-refractivity contribution in [2.75, 3.05) is 0 Å². The van der Waals surface area contributed by atoms with E-state index in [-0.39, 0.29) is 23.8 Å². The zero-order chi connectivity index (χ0) is 18.5. The Hall–Kier alpha value is -2.62. The summed E-state index contributed by atoms with van der Waals surface area (Å²) < 4.78 is 10.9. The zero-order valence-corrected chi connectivity index (χ0v) is 15.2. The maximum Gasteiger partial charge on any atom is 0.314 e. The Morgan fingerprint density at radius 1 is 0.654 bits per heavy atom. The van der Waals surface area contributed by atoms with Crippen LogP contribution < -0.4 is 9.47 Å². The molecule has 136 valence electrons. The molecule has 0 spiro atoms. The number of ether oxygens (including phenoxy) is 2. The van der Waals surface area contributed by atoms with Gasteiger partial charge < -0.3 is 9.47 Å². The van der Waals surface area contributed by atoms with E-state index in [2.05, 4.69) is 0 Å². The molecule has 0 aliphatic heterocycles. The van der Waals surface area contributed by atoms with Gasteiger partial charge in [-0.05, 0) is 63.8 Å². The SMILES string of the molecule is Cc1ccc(OC(=O)[C@H]2CC[C@H](C(=O)Oc3ccc(C)cc3)CC2)cc1. The van der Waals surface area contributed by atoms with Crippen LogP contribution in [-0.2, 0) is 9.59 Å². The van der Waals surface area contributed by atoms with E-state index in [1.54, 1.807) is 24.3 Å². The van der Waals surface area contributed by atoms with Crippen molar-refractivity contribution in [3.8, 4) is 11.5 Å². The lowest BCUT2D eigenvalue weighted by atomic mass is 9.82. The Morgan fingerprint density at radius 2 is 0.962 bits per heavy atom. The van der Waals surface area contributed by atoms with Crippen LogP contribution in [0.1, 0.15) is 36.8 Å². The third kappa shape index (κ3) is 4.72. The molecule has 2 aromatic carbocycles. The van der Waals surface area contributed by atoms with E-state index in [9.17, 15) is 9.59 Å². The lowest BCUT2D eigenvalue weighted by Gasteiger charge is -2.25. The fraction of sp³-hybridized carbons (Fsp3) is 0.364. The second kappa shape index (κ2) is 8.17. The largest absolute Gasteiger partial charge is 0.426 e. The molecule has 1 aliphatic rings. The van der Waals surface area contributed by atoms with Gasteiger partial charge in [0, 0.05) is 0 Å². The monoisotopic (exact) mass is 352 g/mol. The number of aryl methyl sites for hydroxylation is 2. The molecule has 0 amide bonds. The molecule has 0 bridgehead atoms. The third-order valence-corrected chi connectivity index (χ3v) is 4.87. The highest BCUT2D eigenvalue weighted by molar-refractivity contribution is 5.77. The Morgan fingerprint density at radius 3 is 1.27 bits per heavy atom. The highest BCUT2D eigenvalue weighted by atomic mass is 16.5. The van der Waals surface area contributed by atoms with E-state index in [1.165, 1.54) is 0 Å². The average Bonchev–Trinajstić information content (AvgIpc) is 2.65. The second-order valence-electron chi connectivity index (χ2n) is 7.02. The molecule has 1 saturated carbocycles. The number of carbonyl (C=O) groups is 2. The van der Waals surface area contributed by atoms with Gasteiger partial charge in [0.15, 0.2) is 0 Å². The number of hydrogen-bond donors (Lipinski definition) is 0. The van der Waals surface area contributed by atoms with Gasteiger partial charge in [0.25, 0.3) is 0 Å². The van der Waals surface area contributed by atoms with E-state index >= 15 is 0 Å². The summed E-state index contributed by atoms with van der Waals surface area (Å²) in [4.78, 5) is 24.6. The first-order chi connectivity index (χ1) is 12.5. The molecule has 0 heterocycles. The first-order valence-electron chi connectivity index (χ1n) is 9.08. The predicted octanol–water partition coefficient (Wildman–Crippen LogP) is 4.62. The molecule has 26 heavy (non-hydrogen) atoms. The Bertz CT molecular complexity index is 686. The summed E-state index contributed by atoms with van der Waals surface area (Å²) in [6.45, 7) is 3.98. The quantitative estimate of drug-likeness (QED) is 0.595. The molecular weight excluding hydrogens is 328 g/mol. The van der Waals surface area contributed by atoms with Crippen molar-refractivity contribution in [3.63, 3.8) is 0 Å². The Balaban J connectivity index is 1.48. The van der Waals surface area contributed by atoms with Gasteiger partial charge in [0.05, 0.1) is 11.8 Å². The van der Waals surface area contributed by atoms with Crippen LogP contribution in [0.4, 0.5) is 0 Å². The van der Waals surface area contributed by atoms with Crippen molar-refractivity contribution >= 4 is 11.9 Å². The molecule has 2 aromatic rings. The minimum atomic E-state index is -0.209. The highest BCUT2D eigenvalue weighted by Gasteiger charge is 2.32. The minimum absolute atomic E-state index is 0.153. The van der Waals surface area contributed by atoms with Gasteiger partial charge in [-0.25, -0.2) is 0 Å². The van der Waals surface area contributed by atoms with Crippen LogP contribution in [0.15, 0.2) is 48.5 Å². The molecule has 0 radical (unpaired) electrons. The number of hydrogen-bond acceptors (Lipinski definition) is 4. The number of benzene rings is 2. The summed E-state index contributed by atoms with van der Waals surface area (Å²) in [5.41, 5.74) is 2.25. The van der Waals surface area contributed by atoms with E-state index in [0.717, 1.165) is 11.1 Å². The molecule has 0 aromatic heterocycles. The summed E-state index contributed by atoms with van der Waals surface area (Å²) >= 11 is 0. The van der Waals surface area contributed by atoms with Gasteiger partial charge in [-0.3, -0.25) is 9.59 Å². The molecule has 0 atom stereocenters. The Kier molecular flexibility index (Phi) is 5.71. The van der Waals surface area contributed by atoms with E-state index < -0.39 is 0 Å². The standard InChI is InChI=1S/C22H24O4/c1-15-3-11-19(12-4-15)25-21(23)17-7-9-18(10-8-17)22(24)26-20-13-5-16(2)6-14-20/h3-6,11-14,17-18H,7-10H2,1-2H3/t17-,18-. The van der Waals surface area contributed by atoms with Crippen molar-refractivity contribution in [1.82, 2.24) is 0 Å². The summed E-state index contributed by atoms with van der Waals surface area (Å²) in [6.07, 6.45) is 2.60. The van der Waals surface area contributed by atoms with E-state index in [4.69, 9.17) is 9.47 Å². The fourth-order valence-corrected chi connectivity index (χ4v) is 3.18. The van der Waals surface area contributed by atoms with Gasteiger partial charge in [-0.1, -0.05) is 35.4 Å². The minimum Gasteiger partial charge on any atom is -0.426 e. The smallest absolute Gasteiger partial charge is 0.314 e. The molecule has 0 N–H and O–H groups in total. The van der Waals surface area contributed by atoms with Crippen molar-refractivity contribution < 1.29 is 19.1 Å². The molecule has 4 heteroatoms. The van der Waals surface area contributed by atoms with Crippen LogP contribution in [-0.4, -0.2) is 11.9 Å². The average molecular weight is 352 g/mol. The summed E-state index contributed by atoms with van der Waals surface area (Å²) in [6, 6.07) is 14.9.